The van der Waals surface area contributed by atoms with E-state index in [4.69, 9.17) is 9.47 Å². The van der Waals surface area contributed by atoms with Crippen molar-refractivity contribution in [2.45, 2.75) is 19.8 Å². The topological polar surface area (TPSA) is 67.8 Å². The molecule has 0 unspecified atom stereocenters. The summed E-state index contributed by atoms with van der Waals surface area (Å²) in [5.74, 6) is 2.56. The van der Waals surface area contributed by atoms with Crippen LogP contribution in [0.5, 0.6) is 5.88 Å². The first-order valence-corrected chi connectivity index (χ1v) is 8.18. The number of aryl methyl sites for hydroxylation is 1. The van der Waals surface area contributed by atoms with Crippen LogP contribution in [-0.4, -0.2) is 67.3 Å². The molecule has 23 heavy (non-hydrogen) atoms. The molecule has 2 fully saturated rings. The summed E-state index contributed by atoms with van der Waals surface area (Å²) >= 11 is 0. The lowest BCUT2D eigenvalue weighted by Crippen LogP contribution is -2.51. The number of hydrogen-bond donors (Lipinski definition) is 0. The largest absolute Gasteiger partial charge is 0.481 e. The number of amides is 1. The monoisotopic (exact) mass is 320 g/mol. The van der Waals surface area contributed by atoms with Gasteiger partial charge in [0, 0.05) is 51.4 Å². The van der Waals surface area contributed by atoms with Crippen molar-refractivity contribution >= 4 is 11.7 Å². The van der Waals surface area contributed by atoms with Gasteiger partial charge in [-0.1, -0.05) is 0 Å². The number of nitrogens with zero attached hydrogens (tertiary/aromatic N) is 4. The summed E-state index contributed by atoms with van der Waals surface area (Å²) in [5.41, 5.74) is 0. The molecule has 3 heterocycles. The average Bonchev–Trinajstić information content (AvgIpc) is 2.61. The smallest absolute Gasteiger partial charge is 0.225 e. The molecule has 0 spiro atoms. The predicted molar refractivity (Wildman–Crippen MR) is 85.7 cm³/mol. The number of rotatable bonds is 3. The van der Waals surface area contributed by atoms with Crippen LogP contribution in [0.1, 0.15) is 18.7 Å². The van der Waals surface area contributed by atoms with Gasteiger partial charge in [-0.15, -0.1) is 0 Å². The summed E-state index contributed by atoms with van der Waals surface area (Å²) in [6, 6.07) is 1.85. The lowest BCUT2D eigenvalue weighted by molar-refractivity contribution is -0.138. The van der Waals surface area contributed by atoms with Gasteiger partial charge in [0.05, 0.1) is 7.11 Å². The van der Waals surface area contributed by atoms with E-state index in [-0.39, 0.29) is 11.8 Å². The Labute approximate surface area is 136 Å². The van der Waals surface area contributed by atoms with Crippen LogP contribution in [-0.2, 0) is 9.53 Å². The van der Waals surface area contributed by atoms with Gasteiger partial charge < -0.3 is 19.3 Å². The van der Waals surface area contributed by atoms with Crippen LogP contribution >= 0.6 is 0 Å². The van der Waals surface area contributed by atoms with Gasteiger partial charge in [-0.2, -0.15) is 4.98 Å². The molecule has 0 saturated carbocycles. The van der Waals surface area contributed by atoms with Crippen molar-refractivity contribution in [1.29, 1.82) is 0 Å². The summed E-state index contributed by atoms with van der Waals surface area (Å²) < 4.78 is 10.6. The summed E-state index contributed by atoms with van der Waals surface area (Å²) in [7, 11) is 1.61. The molecule has 126 valence electrons. The summed E-state index contributed by atoms with van der Waals surface area (Å²) in [6.07, 6.45) is 1.70. The van der Waals surface area contributed by atoms with E-state index in [1.807, 2.05) is 17.9 Å². The zero-order valence-corrected chi connectivity index (χ0v) is 13.8. The van der Waals surface area contributed by atoms with E-state index in [1.54, 1.807) is 7.11 Å². The first-order chi connectivity index (χ1) is 11.2. The molecular formula is C16H24N4O3. The fraction of sp³-hybridized carbons (Fsp3) is 0.688. The molecule has 1 amide bonds. The minimum absolute atomic E-state index is 0.136. The SMILES string of the molecule is COc1cc(N2CCN(C(=O)C3CCOCC3)CC2)nc(C)n1. The molecule has 1 aromatic heterocycles. The van der Waals surface area contributed by atoms with Crippen LogP contribution in [0, 0.1) is 12.8 Å². The van der Waals surface area contributed by atoms with Gasteiger partial charge in [0.25, 0.3) is 0 Å². The van der Waals surface area contributed by atoms with Gasteiger partial charge in [-0.05, 0) is 19.8 Å². The van der Waals surface area contributed by atoms with Crippen molar-refractivity contribution in [2.24, 2.45) is 5.92 Å². The van der Waals surface area contributed by atoms with Gasteiger partial charge in [0.2, 0.25) is 11.8 Å². The van der Waals surface area contributed by atoms with E-state index in [0.29, 0.717) is 24.9 Å². The van der Waals surface area contributed by atoms with Crippen LogP contribution in [0.4, 0.5) is 5.82 Å². The molecule has 3 rings (SSSR count). The van der Waals surface area contributed by atoms with Crippen LogP contribution < -0.4 is 9.64 Å². The summed E-state index contributed by atoms with van der Waals surface area (Å²) in [6.45, 7) is 6.32. The highest BCUT2D eigenvalue weighted by molar-refractivity contribution is 5.79. The maximum Gasteiger partial charge on any atom is 0.225 e. The molecule has 2 saturated heterocycles. The van der Waals surface area contributed by atoms with Crippen molar-refractivity contribution < 1.29 is 14.3 Å². The maximum absolute atomic E-state index is 12.6. The molecular weight excluding hydrogens is 296 g/mol. The van der Waals surface area contributed by atoms with Crippen molar-refractivity contribution in [3.05, 3.63) is 11.9 Å². The van der Waals surface area contributed by atoms with Crippen molar-refractivity contribution in [1.82, 2.24) is 14.9 Å². The molecule has 1 aromatic rings. The Morgan fingerprint density at radius 1 is 1.22 bits per heavy atom. The second-order valence-corrected chi connectivity index (χ2v) is 6.01. The molecule has 0 radical (unpaired) electrons. The Morgan fingerprint density at radius 2 is 1.91 bits per heavy atom. The Hall–Kier alpha value is -1.89. The zero-order chi connectivity index (χ0) is 16.2. The van der Waals surface area contributed by atoms with E-state index in [1.165, 1.54) is 0 Å². The third-order valence-electron chi connectivity index (χ3n) is 4.50. The van der Waals surface area contributed by atoms with E-state index < -0.39 is 0 Å². The third-order valence-corrected chi connectivity index (χ3v) is 4.50. The fourth-order valence-electron chi connectivity index (χ4n) is 3.15. The molecule has 0 atom stereocenters. The third kappa shape index (κ3) is 3.72. The second-order valence-electron chi connectivity index (χ2n) is 6.01. The van der Waals surface area contributed by atoms with Crippen LogP contribution in [0.3, 0.4) is 0 Å². The molecule has 0 aromatic carbocycles. The zero-order valence-electron chi connectivity index (χ0n) is 13.8. The standard InChI is InChI=1S/C16H24N4O3/c1-12-17-14(11-15(18-12)22-2)19-5-7-20(8-6-19)16(21)13-3-9-23-10-4-13/h11,13H,3-10H2,1-2H3. The first-order valence-electron chi connectivity index (χ1n) is 8.18. The number of methoxy groups -OCH3 is 1. The quantitative estimate of drug-likeness (QED) is 0.823. The van der Waals surface area contributed by atoms with E-state index in [0.717, 1.165) is 44.8 Å². The average molecular weight is 320 g/mol. The van der Waals surface area contributed by atoms with Crippen LogP contribution in [0.2, 0.25) is 0 Å². The Balaban J connectivity index is 1.59. The van der Waals surface area contributed by atoms with E-state index >= 15 is 0 Å². The van der Waals surface area contributed by atoms with Crippen molar-refractivity contribution in [3.63, 3.8) is 0 Å². The number of carbonyl (C=O) groups excluding carboxylic acids is 1. The lowest BCUT2D eigenvalue weighted by atomic mass is 9.98. The minimum Gasteiger partial charge on any atom is -0.481 e. The number of hydrogen-bond acceptors (Lipinski definition) is 6. The molecule has 0 aliphatic carbocycles. The lowest BCUT2D eigenvalue weighted by Gasteiger charge is -2.37. The maximum atomic E-state index is 12.6. The highest BCUT2D eigenvalue weighted by Crippen LogP contribution is 2.21. The Morgan fingerprint density at radius 3 is 2.57 bits per heavy atom. The molecule has 7 heteroatoms. The van der Waals surface area contributed by atoms with Gasteiger partial charge in [-0.25, -0.2) is 4.98 Å². The number of piperazine rings is 1. The number of aromatic nitrogens is 2. The fourth-order valence-corrected chi connectivity index (χ4v) is 3.15. The highest BCUT2D eigenvalue weighted by atomic mass is 16.5. The van der Waals surface area contributed by atoms with Gasteiger partial charge in [0.1, 0.15) is 11.6 Å². The summed E-state index contributed by atoms with van der Waals surface area (Å²) in [5, 5.41) is 0. The highest BCUT2D eigenvalue weighted by Gasteiger charge is 2.29. The Kier molecular flexibility index (Phi) is 4.95. The summed E-state index contributed by atoms with van der Waals surface area (Å²) in [4.78, 5) is 25.4. The van der Waals surface area contributed by atoms with E-state index in [9.17, 15) is 4.79 Å². The molecule has 0 N–H and O–H groups in total. The first kappa shape index (κ1) is 16.0. The van der Waals surface area contributed by atoms with Gasteiger partial charge >= 0.3 is 0 Å². The molecule has 2 aliphatic rings. The molecule has 7 nitrogen and oxygen atoms in total. The normalized spacial score (nSPS) is 19.7. The van der Waals surface area contributed by atoms with Crippen LogP contribution in [0.15, 0.2) is 6.07 Å². The van der Waals surface area contributed by atoms with Crippen molar-refractivity contribution in [3.8, 4) is 5.88 Å². The van der Waals surface area contributed by atoms with Gasteiger partial charge in [0.15, 0.2) is 0 Å². The second kappa shape index (κ2) is 7.12. The Bertz CT molecular complexity index is 552. The predicted octanol–water partition coefficient (Wildman–Crippen LogP) is 0.869. The van der Waals surface area contributed by atoms with E-state index in [2.05, 4.69) is 14.9 Å². The molecule has 2 aliphatic heterocycles. The number of carbonyl (C=O) groups is 1. The van der Waals surface area contributed by atoms with Crippen molar-refractivity contribution in [2.75, 3.05) is 51.4 Å². The number of anilines is 1. The van der Waals surface area contributed by atoms with Gasteiger partial charge in [-0.3, -0.25) is 4.79 Å². The minimum atomic E-state index is 0.136. The van der Waals surface area contributed by atoms with Crippen LogP contribution in [0.25, 0.3) is 0 Å². The molecule has 0 bridgehead atoms. The number of ether oxygens (including phenoxy) is 2.